The van der Waals surface area contributed by atoms with E-state index in [2.05, 4.69) is 10.6 Å². The lowest BCUT2D eigenvalue weighted by molar-refractivity contribution is -0.127. The summed E-state index contributed by atoms with van der Waals surface area (Å²) in [6.07, 6.45) is 0.858. The summed E-state index contributed by atoms with van der Waals surface area (Å²) in [4.78, 5) is 39.5. The monoisotopic (exact) mass is 451 g/mol. The van der Waals surface area contributed by atoms with Crippen molar-refractivity contribution in [1.82, 2.24) is 10.2 Å². The highest BCUT2D eigenvalue weighted by Crippen LogP contribution is 2.35. The Hall–Kier alpha value is -3.39. The van der Waals surface area contributed by atoms with Gasteiger partial charge in [0.05, 0.1) is 12.6 Å². The maximum absolute atomic E-state index is 13.3. The molecule has 2 saturated heterocycles. The van der Waals surface area contributed by atoms with Crippen LogP contribution in [0.5, 0.6) is 0 Å². The number of amides is 3. The van der Waals surface area contributed by atoms with Gasteiger partial charge in [0.1, 0.15) is 0 Å². The summed E-state index contributed by atoms with van der Waals surface area (Å²) in [7, 11) is 0. The molecule has 2 aliphatic heterocycles. The summed E-state index contributed by atoms with van der Waals surface area (Å²) in [5.74, 6) is -0.410. The second-order valence-corrected chi connectivity index (χ2v) is 8.27. The van der Waals surface area contributed by atoms with Gasteiger partial charge in [-0.15, -0.1) is 0 Å². The van der Waals surface area contributed by atoms with Gasteiger partial charge in [-0.1, -0.05) is 49.4 Å². The van der Waals surface area contributed by atoms with Crippen molar-refractivity contribution in [3.05, 3.63) is 65.7 Å². The van der Waals surface area contributed by atoms with E-state index in [1.54, 1.807) is 31.2 Å². The fourth-order valence-corrected chi connectivity index (χ4v) is 4.16. The SMILES string of the molecule is CCC(=O)Nc1cccc(C2OC(=O)N(Cc3ccccc3)C2C(=O)NCC2CCCO2)c1. The van der Waals surface area contributed by atoms with Crippen molar-refractivity contribution in [2.24, 2.45) is 0 Å². The van der Waals surface area contributed by atoms with Crippen LogP contribution in [0.4, 0.5) is 10.5 Å². The summed E-state index contributed by atoms with van der Waals surface area (Å²) in [5, 5.41) is 5.76. The van der Waals surface area contributed by atoms with E-state index in [-0.39, 0.29) is 24.5 Å². The second-order valence-electron chi connectivity index (χ2n) is 8.27. The molecule has 2 aliphatic rings. The van der Waals surface area contributed by atoms with Crippen LogP contribution in [0.25, 0.3) is 0 Å². The molecule has 0 aromatic heterocycles. The molecule has 0 bridgehead atoms. The molecular weight excluding hydrogens is 422 g/mol. The predicted octanol–water partition coefficient (Wildman–Crippen LogP) is 3.39. The molecule has 0 saturated carbocycles. The van der Waals surface area contributed by atoms with Gasteiger partial charge in [0.15, 0.2) is 12.1 Å². The summed E-state index contributed by atoms with van der Waals surface area (Å²) < 4.78 is 11.3. The van der Waals surface area contributed by atoms with Gasteiger partial charge in [-0.2, -0.15) is 0 Å². The maximum Gasteiger partial charge on any atom is 0.411 e. The Bertz CT molecular complexity index is 991. The lowest BCUT2D eigenvalue weighted by atomic mass is 10.00. The van der Waals surface area contributed by atoms with E-state index >= 15 is 0 Å². The molecule has 2 fully saturated rings. The van der Waals surface area contributed by atoms with Crippen molar-refractivity contribution in [2.45, 2.75) is 51.0 Å². The van der Waals surface area contributed by atoms with Crippen LogP contribution in [0.3, 0.4) is 0 Å². The summed E-state index contributed by atoms with van der Waals surface area (Å²) >= 11 is 0. The van der Waals surface area contributed by atoms with Gasteiger partial charge in [0.2, 0.25) is 11.8 Å². The molecule has 0 spiro atoms. The van der Waals surface area contributed by atoms with Gasteiger partial charge in [0, 0.05) is 25.3 Å². The number of nitrogens with one attached hydrogen (secondary N) is 2. The average molecular weight is 452 g/mol. The number of rotatable bonds is 8. The minimum Gasteiger partial charge on any atom is -0.438 e. The average Bonchev–Trinajstić information content (AvgIpc) is 3.46. The lowest BCUT2D eigenvalue weighted by Crippen LogP contribution is -2.47. The minimum atomic E-state index is -0.851. The molecule has 2 N–H and O–H groups in total. The Morgan fingerprint density at radius 3 is 2.67 bits per heavy atom. The molecule has 3 atom stereocenters. The van der Waals surface area contributed by atoms with Crippen LogP contribution in [-0.4, -0.2) is 48.1 Å². The summed E-state index contributed by atoms with van der Waals surface area (Å²) in [6.45, 7) is 3.11. The first kappa shape index (κ1) is 22.8. The zero-order valence-corrected chi connectivity index (χ0v) is 18.7. The van der Waals surface area contributed by atoms with Crippen LogP contribution in [0.1, 0.15) is 43.4 Å². The van der Waals surface area contributed by atoms with Crippen molar-refractivity contribution in [3.63, 3.8) is 0 Å². The number of hydrogen-bond donors (Lipinski definition) is 2. The maximum atomic E-state index is 13.3. The number of cyclic esters (lactones) is 1. The number of carbonyl (C=O) groups is 3. The van der Waals surface area contributed by atoms with E-state index in [4.69, 9.17) is 9.47 Å². The molecule has 3 unspecified atom stereocenters. The molecule has 174 valence electrons. The molecule has 0 aliphatic carbocycles. The molecule has 2 aromatic rings. The Labute approximate surface area is 193 Å². The number of ether oxygens (including phenoxy) is 2. The van der Waals surface area contributed by atoms with Crippen LogP contribution >= 0.6 is 0 Å². The van der Waals surface area contributed by atoms with E-state index in [1.807, 2.05) is 30.3 Å². The number of nitrogens with zero attached hydrogens (tertiary/aromatic N) is 1. The van der Waals surface area contributed by atoms with E-state index in [0.29, 0.717) is 30.8 Å². The van der Waals surface area contributed by atoms with Gasteiger partial charge in [0.25, 0.3) is 0 Å². The molecule has 3 amide bonds. The van der Waals surface area contributed by atoms with E-state index < -0.39 is 18.2 Å². The molecule has 0 radical (unpaired) electrons. The molecule has 33 heavy (non-hydrogen) atoms. The third-order valence-electron chi connectivity index (χ3n) is 5.90. The molecule has 2 aromatic carbocycles. The second kappa shape index (κ2) is 10.5. The highest BCUT2D eigenvalue weighted by Gasteiger charge is 2.47. The van der Waals surface area contributed by atoms with Crippen molar-refractivity contribution in [2.75, 3.05) is 18.5 Å². The lowest BCUT2D eigenvalue weighted by Gasteiger charge is -2.25. The largest absolute Gasteiger partial charge is 0.438 e. The Kier molecular flexibility index (Phi) is 7.24. The van der Waals surface area contributed by atoms with E-state index in [9.17, 15) is 14.4 Å². The number of hydrogen-bond acceptors (Lipinski definition) is 5. The first-order valence-corrected chi connectivity index (χ1v) is 11.4. The topological polar surface area (TPSA) is 97.0 Å². The number of anilines is 1. The highest BCUT2D eigenvalue weighted by molar-refractivity contribution is 5.91. The van der Waals surface area contributed by atoms with Crippen LogP contribution in [0.15, 0.2) is 54.6 Å². The number of benzene rings is 2. The third kappa shape index (κ3) is 5.51. The number of carbonyl (C=O) groups excluding carboxylic acids is 3. The van der Waals surface area contributed by atoms with Crippen molar-refractivity contribution in [3.8, 4) is 0 Å². The molecule has 4 rings (SSSR count). The van der Waals surface area contributed by atoms with E-state index in [1.165, 1.54) is 4.90 Å². The molecule has 8 nitrogen and oxygen atoms in total. The summed E-state index contributed by atoms with van der Waals surface area (Å²) in [6, 6.07) is 15.7. The third-order valence-corrected chi connectivity index (χ3v) is 5.90. The predicted molar refractivity (Wildman–Crippen MR) is 122 cm³/mol. The first-order valence-electron chi connectivity index (χ1n) is 11.4. The van der Waals surface area contributed by atoms with Gasteiger partial charge in [-0.25, -0.2) is 4.79 Å². The van der Waals surface area contributed by atoms with Gasteiger partial charge in [-0.3, -0.25) is 14.5 Å². The minimum absolute atomic E-state index is 0.0134. The fraction of sp³-hybridized carbons (Fsp3) is 0.400. The van der Waals surface area contributed by atoms with Crippen molar-refractivity contribution in [1.29, 1.82) is 0 Å². The van der Waals surface area contributed by atoms with Crippen LogP contribution in [0, 0.1) is 0 Å². The van der Waals surface area contributed by atoms with Crippen molar-refractivity contribution >= 4 is 23.6 Å². The van der Waals surface area contributed by atoms with Crippen LogP contribution in [-0.2, 0) is 25.6 Å². The van der Waals surface area contributed by atoms with Gasteiger partial charge < -0.3 is 20.1 Å². The molecule has 8 heteroatoms. The molecule has 2 heterocycles. The van der Waals surface area contributed by atoms with E-state index in [0.717, 1.165) is 18.4 Å². The van der Waals surface area contributed by atoms with Gasteiger partial charge in [-0.05, 0) is 36.1 Å². The zero-order chi connectivity index (χ0) is 23.2. The highest BCUT2D eigenvalue weighted by atomic mass is 16.6. The first-order chi connectivity index (χ1) is 16.0. The Morgan fingerprint density at radius 2 is 1.94 bits per heavy atom. The van der Waals surface area contributed by atoms with Crippen molar-refractivity contribution < 1.29 is 23.9 Å². The Balaban J connectivity index is 1.58. The fourth-order valence-electron chi connectivity index (χ4n) is 4.16. The quantitative estimate of drug-likeness (QED) is 0.641. The molecular formula is C25H29N3O5. The summed E-state index contributed by atoms with van der Waals surface area (Å²) in [5.41, 5.74) is 2.14. The van der Waals surface area contributed by atoms with Gasteiger partial charge >= 0.3 is 6.09 Å². The standard InChI is InChI=1S/C25H29N3O5/c1-2-21(29)27-19-11-6-10-18(14-19)23-22(24(30)26-15-20-12-7-13-32-20)28(25(31)33-23)16-17-8-4-3-5-9-17/h3-6,8-11,14,20,22-23H,2,7,12-13,15-16H2,1H3,(H,26,30)(H,27,29). The van der Waals surface area contributed by atoms with Crippen LogP contribution in [0.2, 0.25) is 0 Å². The van der Waals surface area contributed by atoms with Crippen LogP contribution < -0.4 is 10.6 Å². The Morgan fingerprint density at radius 1 is 1.12 bits per heavy atom. The smallest absolute Gasteiger partial charge is 0.411 e. The zero-order valence-electron chi connectivity index (χ0n) is 18.7. The normalized spacial score (nSPS) is 22.2.